The van der Waals surface area contributed by atoms with E-state index < -0.39 is 0 Å². The van der Waals surface area contributed by atoms with Gasteiger partial charge in [-0.1, -0.05) is 11.3 Å². The summed E-state index contributed by atoms with van der Waals surface area (Å²) in [6.45, 7) is 6.46. The number of carbonyl (C=O) groups is 2. The highest BCUT2D eigenvalue weighted by Gasteiger charge is 2.32. The zero-order valence-corrected chi connectivity index (χ0v) is 21.3. The number of rotatable bonds is 1. The third-order valence-corrected chi connectivity index (χ3v) is 6.70. The number of hydrogen-bond donors (Lipinski definition) is 0. The maximum atomic E-state index is 13.6. The molecule has 2 aromatic carbocycles. The van der Waals surface area contributed by atoms with Crippen molar-refractivity contribution >= 4 is 11.8 Å². The number of aromatic nitrogens is 3. The Kier molecular flexibility index (Phi) is 6.98. The molecule has 0 radical (unpaired) electrons. The van der Waals surface area contributed by atoms with Crippen LogP contribution in [-0.4, -0.2) is 76.0 Å². The minimum absolute atomic E-state index is 0.0925. The third-order valence-electron chi connectivity index (χ3n) is 6.70. The van der Waals surface area contributed by atoms with Crippen LogP contribution in [0.1, 0.15) is 45.3 Å². The number of ether oxygens (including phenoxy) is 3. The molecule has 6 rings (SSSR count). The Labute approximate surface area is 215 Å². The Balaban J connectivity index is 1.46. The Morgan fingerprint density at radius 2 is 1.86 bits per heavy atom. The monoisotopic (exact) mass is 505 g/mol. The van der Waals surface area contributed by atoms with E-state index in [4.69, 9.17) is 14.2 Å². The first-order valence-corrected chi connectivity index (χ1v) is 12.5. The fourth-order valence-electron chi connectivity index (χ4n) is 4.70. The molecule has 3 aliphatic heterocycles. The van der Waals surface area contributed by atoms with Gasteiger partial charge in [0.15, 0.2) is 11.5 Å². The van der Waals surface area contributed by atoms with Crippen LogP contribution in [-0.2, 0) is 13.2 Å². The summed E-state index contributed by atoms with van der Waals surface area (Å²) in [5.74, 6) is 1.35. The lowest BCUT2D eigenvalue weighted by Crippen LogP contribution is -2.55. The van der Waals surface area contributed by atoms with E-state index in [-0.39, 0.29) is 24.5 Å². The van der Waals surface area contributed by atoms with E-state index in [1.807, 2.05) is 43.1 Å². The Morgan fingerprint density at radius 1 is 1.00 bits per heavy atom. The number of hydrogen-bond acceptors (Lipinski definition) is 7. The van der Waals surface area contributed by atoms with Crippen LogP contribution in [0.15, 0.2) is 42.6 Å². The van der Waals surface area contributed by atoms with Crippen molar-refractivity contribution in [2.45, 2.75) is 39.5 Å². The minimum atomic E-state index is -0.155. The first-order valence-electron chi connectivity index (χ1n) is 12.5. The van der Waals surface area contributed by atoms with E-state index in [9.17, 15) is 9.59 Å². The molecular formula is C27H31N5O5. The van der Waals surface area contributed by atoms with Gasteiger partial charge < -0.3 is 24.0 Å². The molecule has 1 saturated heterocycles. The van der Waals surface area contributed by atoms with E-state index in [0.29, 0.717) is 73.3 Å². The van der Waals surface area contributed by atoms with Crippen LogP contribution in [0.5, 0.6) is 17.2 Å². The standard InChI is InChI=1S/C27H31N5O5/c1-18-5-7-22-24(13-18)36-12-4-9-31-16-21(28-29-31)17-37-25-14-20(6-8-23(25)35-3)26(33)30-10-11-32(27(22)34)19(2)15-30/h5-8,13-14,16,19H,4,9-12,15,17H2,1-3H3. The van der Waals surface area contributed by atoms with Crippen molar-refractivity contribution in [3.63, 3.8) is 0 Å². The largest absolute Gasteiger partial charge is 0.493 e. The molecule has 0 aliphatic carbocycles. The number of methoxy groups -OCH3 is 1. The molecule has 10 nitrogen and oxygen atoms in total. The van der Waals surface area contributed by atoms with Gasteiger partial charge in [0.2, 0.25) is 0 Å². The van der Waals surface area contributed by atoms with E-state index >= 15 is 0 Å². The first-order chi connectivity index (χ1) is 17.9. The summed E-state index contributed by atoms with van der Waals surface area (Å²) >= 11 is 0. The summed E-state index contributed by atoms with van der Waals surface area (Å²) < 4.78 is 19.2. The van der Waals surface area contributed by atoms with Crippen LogP contribution < -0.4 is 14.2 Å². The van der Waals surface area contributed by atoms with Crippen molar-refractivity contribution in [1.82, 2.24) is 24.8 Å². The first kappa shape index (κ1) is 24.6. The number of benzene rings is 2. The van der Waals surface area contributed by atoms with Crippen LogP contribution in [0.4, 0.5) is 0 Å². The average Bonchev–Trinajstić information content (AvgIpc) is 3.36. The molecule has 10 heteroatoms. The zero-order chi connectivity index (χ0) is 25.9. The maximum Gasteiger partial charge on any atom is 0.257 e. The van der Waals surface area contributed by atoms with Crippen molar-refractivity contribution in [2.24, 2.45) is 0 Å². The maximum absolute atomic E-state index is 13.6. The third kappa shape index (κ3) is 5.23. The summed E-state index contributed by atoms with van der Waals surface area (Å²) in [6, 6.07) is 10.6. The quantitative estimate of drug-likeness (QED) is 0.501. The molecule has 2 amide bonds. The number of aryl methyl sites for hydroxylation is 2. The van der Waals surface area contributed by atoms with Crippen LogP contribution in [0, 0.1) is 6.92 Å². The molecule has 3 aliphatic rings. The van der Waals surface area contributed by atoms with Gasteiger partial charge in [-0.15, -0.1) is 5.10 Å². The lowest BCUT2D eigenvalue weighted by molar-refractivity contribution is 0.0411. The van der Waals surface area contributed by atoms with Gasteiger partial charge in [-0.05, 0) is 49.7 Å². The highest BCUT2D eigenvalue weighted by atomic mass is 16.5. The van der Waals surface area contributed by atoms with Gasteiger partial charge in [0.1, 0.15) is 18.1 Å². The second-order valence-corrected chi connectivity index (χ2v) is 9.43. The van der Waals surface area contributed by atoms with Gasteiger partial charge in [0.25, 0.3) is 11.8 Å². The van der Waals surface area contributed by atoms with E-state index in [1.54, 1.807) is 34.9 Å². The van der Waals surface area contributed by atoms with Crippen molar-refractivity contribution in [3.8, 4) is 17.2 Å². The number of nitrogens with zero attached hydrogens (tertiary/aromatic N) is 5. The number of piperazine rings is 1. The molecule has 6 bridgehead atoms. The van der Waals surface area contributed by atoms with Gasteiger partial charge in [0.05, 0.1) is 25.5 Å². The molecule has 1 unspecified atom stereocenters. The molecule has 194 valence electrons. The van der Waals surface area contributed by atoms with Crippen molar-refractivity contribution < 1.29 is 23.8 Å². The minimum Gasteiger partial charge on any atom is -0.493 e. The lowest BCUT2D eigenvalue weighted by Gasteiger charge is -2.40. The number of amides is 2. The Bertz CT molecular complexity index is 1310. The van der Waals surface area contributed by atoms with E-state index in [0.717, 1.165) is 5.56 Å². The summed E-state index contributed by atoms with van der Waals surface area (Å²) in [5.41, 5.74) is 2.71. The lowest BCUT2D eigenvalue weighted by atomic mass is 10.1. The van der Waals surface area contributed by atoms with Gasteiger partial charge in [-0.25, -0.2) is 0 Å². The molecule has 1 fully saturated rings. The second-order valence-electron chi connectivity index (χ2n) is 9.43. The Hall–Kier alpha value is -4.08. The van der Waals surface area contributed by atoms with Crippen molar-refractivity contribution in [3.05, 3.63) is 65.0 Å². The smallest absolute Gasteiger partial charge is 0.257 e. The highest BCUT2D eigenvalue weighted by molar-refractivity contribution is 5.98. The number of fused-ring (bicyclic) bond motifs is 6. The molecule has 0 spiro atoms. The Morgan fingerprint density at radius 3 is 2.68 bits per heavy atom. The SMILES string of the molecule is COc1ccc2cc1OCc1cn(nn1)CCCOc1cc(C)ccc1C(=O)N1CCN(CC1C)C2=O. The molecule has 1 aromatic heterocycles. The van der Waals surface area contributed by atoms with Crippen molar-refractivity contribution in [1.29, 1.82) is 0 Å². The number of carbonyl (C=O) groups excluding carboxylic acids is 2. The summed E-state index contributed by atoms with van der Waals surface area (Å²) in [4.78, 5) is 30.5. The van der Waals surface area contributed by atoms with Gasteiger partial charge in [-0.3, -0.25) is 14.3 Å². The zero-order valence-electron chi connectivity index (χ0n) is 21.3. The molecule has 0 saturated carbocycles. The summed E-state index contributed by atoms with van der Waals surface area (Å²) in [7, 11) is 1.56. The topological polar surface area (TPSA) is 99.0 Å². The molecule has 3 aromatic rings. The van der Waals surface area contributed by atoms with Crippen LogP contribution in [0.2, 0.25) is 0 Å². The molecule has 4 heterocycles. The van der Waals surface area contributed by atoms with E-state index in [1.165, 1.54) is 0 Å². The van der Waals surface area contributed by atoms with Gasteiger partial charge in [0, 0.05) is 44.2 Å². The van der Waals surface area contributed by atoms with Crippen LogP contribution in [0.3, 0.4) is 0 Å². The fraction of sp³-hybridized carbons (Fsp3) is 0.407. The fourth-order valence-corrected chi connectivity index (χ4v) is 4.70. The second kappa shape index (κ2) is 10.5. The predicted molar refractivity (Wildman–Crippen MR) is 135 cm³/mol. The molecule has 37 heavy (non-hydrogen) atoms. The van der Waals surface area contributed by atoms with Crippen LogP contribution in [0.25, 0.3) is 0 Å². The molecular weight excluding hydrogens is 474 g/mol. The summed E-state index contributed by atoms with van der Waals surface area (Å²) in [6.07, 6.45) is 2.51. The summed E-state index contributed by atoms with van der Waals surface area (Å²) in [5, 5.41) is 8.36. The van der Waals surface area contributed by atoms with Crippen LogP contribution >= 0.6 is 0 Å². The average molecular weight is 506 g/mol. The van der Waals surface area contributed by atoms with Gasteiger partial charge >= 0.3 is 0 Å². The highest BCUT2D eigenvalue weighted by Crippen LogP contribution is 2.30. The molecule has 1 atom stereocenters. The predicted octanol–water partition coefficient (Wildman–Crippen LogP) is 2.94. The van der Waals surface area contributed by atoms with Gasteiger partial charge in [-0.2, -0.15) is 0 Å². The van der Waals surface area contributed by atoms with Crippen molar-refractivity contribution in [2.75, 3.05) is 33.4 Å². The molecule has 0 N–H and O–H groups in total. The normalized spacial score (nSPS) is 18.6. The van der Waals surface area contributed by atoms with E-state index in [2.05, 4.69) is 10.3 Å².